The summed E-state index contributed by atoms with van der Waals surface area (Å²) in [6.45, 7) is 4.42. The zero-order chi connectivity index (χ0) is 21.6. The molecule has 1 fully saturated rings. The summed E-state index contributed by atoms with van der Waals surface area (Å²) in [6, 6.07) is 13.6. The van der Waals surface area contributed by atoms with Gasteiger partial charge in [-0.2, -0.15) is 11.8 Å². The molecule has 1 amide bonds. The summed E-state index contributed by atoms with van der Waals surface area (Å²) in [5.74, 6) is 2.92. The lowest BCUT2D eigenvalue weighted by atomic mass is 10.2. The maximum absolute atomic E-state index is 12.5. The van der Waals surface area contributed by atoms with Gasteiger partial charge in [0.2, 0.25) is 5.91 Å². The summed E-state index contributed by atoms with van der Waals surface area (Å²) in [5.41, 5.74) is 3.65. The molecule has 162 valence electrons. The van der Waals surface area contributed by atoms with Crippen LogP contribution in [0.3, 0.4) is 0 Å². The van der Waals surface area contributed by atoms with Crippen LogP contribution in [0.15, 0.2) is 47.8 Å². The third-order valence-corrected chi connectivity index (χ3v) is 7.02. The first-order valence-electron chi connectivity index (χ1n) is 10.1. The van der Waals surface area contributed by atoms with E-state index in [0.717, 1.165) is 46.7 Å². The predicted octanol–water partition coefficient (Wildman–Crippen LogP) is 5.42. The maximum atomic E-state index is 12.5. The molecular weight excluding hydrogens is 450 g/mol. The van der Waals surface area contributed by atoms with E-state index >= 15 is 0 Å². The SMILES string of the molecule is Cc1ccc(OCc2nc(CC(=O)Nc3ccc(N4CCSCC4)c(Cl)c3)cs2)cc1. The van der Waals surface area contributed by atoms with Crippen molar-refractivity contribution in [2.75, 3.05) is 34.8 Å². The van der Waals surface area contributed by atoms with Crippen LogP contribution in [0, 0.1) is 6.92 Å². The number of aryl methyl sites for hydroxylation is 1. The topological polar surface area (TPSA) is 54.5 Å². The van der Waals surface area contributed by atoms with Crippen molar-refractivity contribution < 1.29 is 9.53 Å². The number of nitrogens with one attached hydrogen (secondary N) is 1. The average molecular weight is 474 g/mol. The fourth-order valence-corrected chi connectivity index (χ4v) is 5.20. The largest absolute Gasteiger partial charge is 0.486 e. The van der Waals surface area contributed by atoms with Crippen molar-refractivity contribution in [3.05, 3.63) is 69.1 Å². The van der Waals surface area contributed by atoms with Crippen LogP contribution in [-0.2, 0) is 17.8 Å². The van der Waals surface area contributed by atoms with Crippen LogP contribution >= 0.6 is 34.7 Å². The minimum atomic E-state index is -0.116. The van der Waals surface area contributed by atoms with E-state index in [-0.39, 0.29) is 12.3 Å². The van der Waals surface area contributed by atoms with Gasteiger partial charge in [-0.3, -0.25) is 4.79 Å². The lowest BCUT2D eigenvalue weighted by Gasteiger charge is -2.29. The highest BCUT2D eigenvalue weighted by atomic mass is 35.5. The van der Waals surface area contributed by atoms with Gasteiger partial charge in [0.15, 0.2) is 0 Å². The maximum Gasteiger partial charge on any atom is 0.230 e. The van der Waals surface area contributed by atoms with Crippen molar-refractivity contribution in [3.63, 3.8) is 0 Å². The molecule has 5 nitrogen and oxygen atoms in total. The predicted molar refractivity (Wildman–Crippen MR) is 131 cm³/mol. The molecule has 0 bridgehead atoms. The highest BCUT2D eigenvalue weighted by Crippen LogP contribution is 2.30. The van der Waals surface area contributed by atoms with Crippen molar-refractivity contribution in [2.45, 2.75) is 20.0 Å². The Labute approximate surface area is 195 Å². The van der Waals surface area contributed by atoms with Gasteiger partial charge in [0.05, 0.1) is 22.8 Å². The number of rotatable bonds is 7. The normalized spacial score (nSPS) is 13.8. The Morgan fingerprint density at radius 3 is 2.71 bits per heavy atom. The van der Waals surface area contributed by atoms with Crippen LogP contribution in [0.5, 0.6) is 5.75 Å². The van der Waals surface area contributed by atoms with Crippen LogP contribution in [0.1, 0.15) is 16.3 Å². The lowest BCUT2D eigenvalue weighted by molar-refractivity contribution is -0.115. The number of thiazole rings is 1. The Balaban J connectivity index is 1.29. The molecule has 31 heavy (non-hydrogen) atoms. The van der Waals surface area contributed by atoms with Gasteiger partial charge in [-0.15, -0.1) is 11.3 Å². The molecule has 2 aromatic carbocycles. The van der Waals surface area contributed by atoms with Crippen molar-refractivity contribution in [1.29, 1.82) is 0 Å². The third-order valence-electron chi connectivity index (χ3n) is 4.91. The Hall–Kier alpha value is -2.22. The highest BCUT2D eigenvalue weighted by molar-refractivity contribution is 7.99. The second-order valence-electron chi connectivity index (χ2n) is 7.32. The number of carbonyl (C=O) groups excluding carboxylic acids is 1. The van der Waals surface area contributed by atoms with Crippen molar-refractivity contribution >= 4 is 52.0 Å². The van der Waals surface area contributed by atoms with Gasteiger partial charge in [-0.1, -0.05) is 29.3 Å². The standard InChI is InChI=1S/C23H24ClN3O2S2/c1-16-2-5-19(6-3-16)29-14-23-26-18(15-31-23)13-22(28)25-17-4-7-21(20(24)12-17)27-8-10-30-11-9-27/h2-7,12,15H,8-11,13-14H2,1H3,(H,25,28). The minimum absolute atomic E-state index is 0.116. The van der Waals surface area contributed by atoms with Gasteiger partial charge in [0.1, 0.15) is 17.4 Å². The number of hydrogen-bond acceptors (Lipinski definition) is 6. The number of thioether (sulfide) groups is 1. The number of amides is 1. The second-order valence-corrected chi connectivity index (χ2v) is 9.90. The first-order valence-corrected chi connectivity index (χ1v) is 12.5. The number of halogens is 1. The summed E-state index contributed by atoms with van der Waals surface area (Å²) in [5, 5.41) is 6.33. The monoisotopic (exact) mass is 473 g/mol. The van der Waals surface area contributed by atoms with Crippen LogP contribution in [0.25, 0.3) is 0 Å². The van der Waals surface area contributed by atoms with Gasteiger partial charge in [-0.25, -0.2) is 4.98 Å². The summed E-state index contributed by atoms with van der Waals surface area (Å²) in [4.78, 5) is 19.3. The molecule has 1 N–H and O–H groups in total. The third kappa shape index (κ3) is 6.15. The zero-order valence-corrected chi connectivity index (χ0v) is 19.7. The average Bonchev–Trinajstić information content (AvgIpc) is 3.21. The van der Waals surface area contributed by atoms with E-state index < -0.39 is 0 Å². The van der Waals surface area contributed by atoms with E-state index in [1.54, 1.807) is 0 Å². The van der Waals surface area contributed by atoms with E-state index in [1.165, 1.54) is 16.9 Å². The number of anilines is 2. The Bertz CT molecular complexity index is 1030. The molecule has 1 aliphatic rings. The van der Waals surface area contributed by atoms with E-state index in [9.17, 15) is 4.79 Å². The Morgan fingerprint density at radius 1 is 1.19 bits per heavy atom. The Morgan fingerprint density at radius 2 is 1.97 bits per heavy atom. The smallest absolute Gasteiger partial charge is 0.230 e. The lowest BCUT2D eigenvalue weighted by Crippen LogP contribution is -2.32. The molecule has 0 saturated carbocycles. The molecule has 0 spiro atoms. The summed E-state index contributed by atoms with van der Waals surface area (Å²) in [7, 11) is 0. The highest BCUT2D eigenvalue weighted by Gasteiger charge is 2.15. The molecule has 1 saturated heterocycles. The number of hydrogen-bond donors (Lipinski definition) is 1. The van der Waals surface area contributed by atoms with E-state index in [2.05, 4.69) is 15.2 Å². The second kappa shape index (κ2) is 10.4. The van der Waals surface area contributed by atoms with Crippen LogP contribution < -0.4 is 15.0 Å². The first kappa shape index (κ1) is 22.0. The van der Waals surface area contributed by atoms with Gasteiger partial charge in [-0.05, 0) is 37.3 Å². The van der Waals surface area contributed by atoms with Gasteiger partial charge < -0.3 is 15.0 Å². The molecule has 8 heteroatoms. The number of ether oxygens (including phenoxy) is 1. The molecule has 0 atom stereocenters. The van der Waals surface area contributed by atoms with Crippen molar-refractivity contribution in [1.82, 2.24) is 4.98 Å². The van der Waals surface area contributed by atoms with Crippen LogP contribution in [-0.4, -0.2) is 35.5 Å². The van der Waals surface area contributed by atoms with Gasteiger partial charge >= 0.3 is 0 Å². The van der Waals surface area contributed by atoms with Crippen molar-refractivity contribution in [2.24, 2.45) is 0 Å². The van der Waals surface area contributed by atoms with Crippen molar-refractivity contribution in [3.8, 4) is 5.75 Å². The zero-order valence-electron chi connectivity index (χ0n) is 17.3. The van der Waals surface area contributed by atoms with Gasteiger partial charge in [0.25, 0.3) is 0 Å². The molecule has 3 aromatic rings. The number of aromatic nitrogens is 1. The number of carbonyl (C=O) groups is 1. The summed E-state index contributed by atoms with van der Waals surface area (Å²) >= 11 is 9.94. The van der Waals surface area contributed by atoms with Crippen LogP contribution in [0.2, 0.25) is 5.02 Å². The van der Waals surface area contributed by atoms with Crippen LogP contribution in [0.4, 0.5) is 11.4 Å². The number of nitrogens with zero attached hydrogens (tertiary/aromatic N) is 2. The number of benzene rings is 2. The molecule has 0 aliphatic carbocycles. The van der Waals surface area contributed by atoms with E-state index in [1.807, 2.05) is 66.5 Å². The quantitative estimate of drug-likeness (QED) is 0.496. The molecule has 0 unspecified atom stereocenters. The van der Waals surface area contributed by atoms with E-state index in [0.29, 0.717) is 17.3 Å². The molecule has 2 heterocycles. The molecular formula is C23H24ClN3O2S2. The fraction of sp³-hybridized carbons (Fsp3) is 0.304. The summed E-state index contributed by atoms with van der Waals surface area (Å²) in [6.07, 6.45) is 0.212. The molecule has 4 rings (SSSR count). The molecule has 1 aliphatic heterocycles. The molecule has 0 radical (unpaired) electrons. The van der Waals surface area contributed by atoms with Gasteiger partial charge in [0, 0.05) is 35.7 Å². The first-order chi connectivity index (χ1) is 15.1. The molecule has 1 aromatic heterocycles. The fourth-order valence-electron chi connectivity index (χ4n) is 3.29. The summed E-state index contributed by atoms with van der Waals surface area (Å²) < 4.78 is 5.76. The minimum Gasteiger partial charge on any atom is -0.486 e. The van der Waals surface area contributed by atoms with E-state index in [4.69, 9.17) is 16.3 Å². The Kier molecular flexibility index (Phi) is 7.37.